The third kappa shape index (κ3) is 2.40. The predicted octanol–water partition coefficient (Wildman–Crippen LogP) is 3.67. The zero-order valence-electron chi connectivity index (χ0n) is 10.2. The first-order valence-corrected chi connectivity index (χ1v) is 8.06. The molecule has 0 spiro atoms. The van der Waals surface area contributed by atoms with Gasteiger partial charge in [-0.2, -0.15) is 0 Å². The van der Waals surface area contributed by atoms with E-state index in [1.807, 2.05) is 30.3 Å². The molecule has 2 nitrogen and oxygen atoms in total. The van der Waals surface area contributed by atoms with Crippen LogP contribution in [-0.4, -0.2) is 13.7 Å². The highest BCUT2D eigenvalue weighted by molar-refractivity contribution is 7.92. The van der Waals surface area contributed by atoms with Crippen LogP contribution in [0.5, 0.6) is 0 Å². The van der Waals surface area contributed by atoms with Gasteiger partial charge in [-0.3, -0.25) is 0 Å². The summed E-state index contributed by atoms with van der Waals surface area (Å²) in [6, 6.07) is 16.2. The molecule has 0 bridgehead atoms. The molecule has 1 saturated carbocycles. The van der Waals surface area contributed by atoms with Gasteiger partial charge in [0.2, 0.25) is 0 Å². The van der Waals surface area contributed by atoms with Crippen molar-refractivity contribution in [3.63, 3.8) is 0 Å². The van der Waals surface area contributed by atoms with Crippen molar-refractivity contribution < 1.29 is 8.42 Å². The molecule has 1 fully saturated rings. The first-order chi connectivity index (χ1) is 9.09. The first-order valence-electron chi connectivity index (χ1n) is 6.13. The Bertz CT molecular complexity index is 678. The molecule has 3 rings (SSSR count). The summed E-state index contributed by atoms with van der Waals surface area (Å²) < 4.78 is 24.9. The second-order valence-corrected chi connectivity index (χ2v) is 7.39. The SMILES string of the molecule is O=S(=O)(c1ccc(Cl)cc1)C1CC1c1ccccc1. The molecule has 0 saturated heterocycles. The second kappa shape index (κ2) is 4.66. The highest BCUT2D eigenvalue weighted by Crippen LogP contribution is 2.47. The van der Waals surface area contributed by atoms with E-state index in [1.54, 1.807) is 24.3 Å². The third-order valence-electron chi connectivity index (χ3n) is 3.50. The summed E-state index contributed by atoms with van der Waals surface area (Å²) in [6.07, 6.45) is 0.703. The largest absolute Gasteiger partial charge is 0.223 e. The van der Waals surface area contributed by atoms with Gasteiger partial charge in [-0.1, -0.05) is 41.9 Å². The predicted molar refractivity (Wildman–Crippen MR) is 76.2 cm³/mol. The van der Waals surface area contributed by atoms with Crippen LogP contribution in [0.15, 0.2) is 59.5 Å². The van der Waals surface area contributed by atoms with Crippen molar-refractivity contribution in [1.29, 1.82) is 0 Å². The molecule has 2 aromatic rings. The Morgan fingerprint density at radius 3 is 2.21 bits per heavy atom. The lowest BCUT2D eigenvalue weighted by molar-refractivity contribution is 0.594. The van der Waals surface area contributed by atoms with Crippen LogP contribution in [0.4, 0.5) is 0 Å². The van der Waals surface area contributed by atoms with Crippen molar-refractivity contribution in [2.45, 2.75) is 22.5 Å². The number of halogens is 1. The summed E-state index contributed by atoms with van der Waals surface area (Å²) in [5.41, 5.74) is 1.10. The molecular weight excluding hydrogens is 280 g/mol. The Kier molecular flexibility index (Phi) is 3.11. The fourth-order valence-corrected chi connectivity index (χ4v) is 4.41. The Morgan fingerprint density at radius 1 is 0.947 bits per heavy atom. The molecule has 4 heteroatoms. The molecule has 0 aromatic heterocycles. The summed E-state index contributed by atoms with van der Waals surface area (Å²) in [7, 11) is -3.24. The van der Waals surface area contributed by atoms with Gasteiger partial charge in [0.25, 0.3) is 0 Å². The van der Waals surface area contributed by atoms with Crippen LogP contribution in [0, 0.1) is 0 Å². The van der Waals surface area contributed by atoms with Crippen molar-refractivity contribution in [3.05, 3.63) is 65.2 Å². The molecule has 98 valence electrons. The van der Waals surface area contributed by atoms with E-state index in [1.165, 1.54) is 0 Å². The minimum absolute atomic E-state index is 0.127. The number of rotatable bonds is 3. The molecule has 19 heavy (non-hydrogen) atoms. The van der Waals surface area contributed by atoms with E-state index in [4.69, 9.17) is 11.6 Å². The molecule has 1 aliphatic carbocycles. The van der Waals surface area contributed by atoms with Crippen molar-refractivity contribution in [2.24, 2.45) is 0 Å². The highest BCUT2D eigenvalue weighted by atomic mass is 35.5. The van der Waals surface area contributed by atoms with Gasteiger partial charge in [-0.25, -0.2) is 8.42 Å². The van der Waals surface area contributed by atoms with Gasteiger partial charge in [-0.05, 0) is 36.2 Å². The smallest absolute Gasteiger partial charge is 0.181 e. The fraction of sp³-hybridized carbons (Fsp3) is 0.200. The van der Waals surface area contributed by atoms with Gasteiger partial charge in [0.05, 0.1) is 10.1 Å². The van der Waals surface area contributed by atoms with Gasteiger partial charge in [0.15, 0.2) is 9.84 Å². The highest BCUT2D eigenvalue weighted by Gasteiger charge is 2.48. The molecule has 0 radical (unpaired) electrons. The number of hydrogen-bond donors (Lipinski definition) is 0. The Balaban J connectivity index is 1.86. The lowest BCUT2D eigenvalue weighted by Gasteiger charge is -2.04. The van der Waals surface area contributed by atoms with Gasteiger partial charge in [0, 0.05) is 10.9 Å². The standard InChI is InChI=1S/C15H13ClO2S/c16-12-6-8-13(9-7-12)19(17,18)15-10-14(15)11-4-2-1-3-5-11/h1-9,14-15H,10H2. The normalized spacial score (nSPS) is 22.2. The first kappa shape index (κ1) is 12.7. The maximum Gasteiger partial charge on any atom is 0.181 e. The van der Waals surface area contributed by atoms with E-state index in [2.05, 4.69) is 0 Å². The summed E-state index contributed by atoms with van der Waals surface area (Å²) in [4.78, 5) is 0.361. The van der Waals surface area contributed by atoms with Crippen molar-refractivity contribution >= 4 is 21.4 Å². The van der Waals surface area contributed by atoms with Crippen LogP contribution in [0.3, 0.4) is 0 Å². The number of hydrogen-bond acceptors (Lipinski definition) is 2. The Hall–Kier alpha value is -1.32. The quantitative estimate of drug-likeness (QED) is 0.865. The van der Waals surface area contributed by atoms with E-state index in [0.29, 0.717) is 16.3 Å². The summed E-state index contributed by atoms with van der Waals surface area (Å²) in [5, 5.41) is 0.255. The molecule has 1 aliphatic rings. The molecule has 0 heterocycles. The molecule has 2 atom stereocenters. The molecular formula is C15H13ClO2S. The third-order valence-corrected chi connectivity index (χ3v) is 6.00. The summed E-state index contributed by atoms with van der Waals surface area (Å²) >= 11 is 5.79. The average Bonchev–Trinajstić information content (AvgIpc) is 3.21. The van der Waals surface area contributed by atoms with Crippen molar-refractivity contribution in [3.8, 4) is 0 Å². The molecule has 0 aliphatic heterocycles. The van der Waals surface area contributed by atoms with E-state index < -0.39 is 9.84 Å². The molecule has 2 aromatic carbocycles. The summed E-state index contributed by atoms with van der Waals surface area (Å²) in [6.45, 7) is 0. The maximum atomic E-state index is 12.4. The second-order valence-electron chi connectivity index (χ2n) is 4.79. The van der Waals surface area contributed by atoms with E-state index in [9.17, 15) is 8.42 Å². The number of sulfone groups is 1. The number of benzene rings is 2. The Morgan fingerprint density at radius 2 is 1.58 bits per heavy atom. The van der Waals surface area contributed by atoms with E-state index in [-0.39, 0.29) is 11.2 Å². The average molecular weight is 293 g/mol. The zero-order valence-corrected chi connectivity index (χ0v) is 11.7. The van der Waals surface area contributed by atoms with Crippen LogP contribution < -0.4 is 0 Å². The molecule has 0 N–H and O–H groups in total. The van der Waals surface area contributed by atoms with Crippen LogP contribution in [0.25, 0.3) is 0 Å². The van der Waals surface area contributed by atoms with Crippen LogP contribution >= 0.6 is 11.6 Å². The van der Waals surface area contributed by atoms with Crippen LogP contribution in [0.2, 0.25) is 5.02 Å². The lowest BCUT2D eigenvalue weighted by Crippen LogP contribution is -2.09. The van der Waals surface area contributed by atoms with Gasteiger partial charge in [0.1, 0.15) is 0 Å². The fourth-order valence-electron chi connectivity index (χ4n) is 2.36. The lowest BCUT2D eigenvalue weighted by atomic mass is 10.1. The van der Waals surface area contributed by atoms with Crippen molar-refractivity contribution in [2.75, 3.05) is 0 Å². The van der Waals surface area contributed by atoms with Crippen LogP contribution in [-0.2, 0) is 9.84 Å². The van der Waals surface area contributed by atoms with E-state index in [0.717, 1.165) is 5.56 Å². The Labute approximate surface area is 118 Å². The molecule has 2 unspecified atom stereocenters. The van der Waals surface area contributed by atoms with Gasteiger partial charge in [-0.15, -0.1) is 0 Å². The maximum absolute atomic E-state index is 12.4. The van der Waals surface area contributed by atoms with Crippen molar-refractivity contribution in [1.82, 2.24) is 0 Å². The minimum Gasteiger partial charge on any atom is -0.223 e. The topological polar surface area (TPSA) is 34.1 Å². The van der Waals surface area contributed by atoms with Gasteiger partial charge < -0.3 is 0 Å². The zero-order chi connectivity index (χ0) is 13.5. The minimum atomic E-state index is -3.24. The van der Waals surface area contributed by atoms with Crippen LogP contribution in [0.1, 0.15) is 17.9 Å². The van der Waals surface area contributed by atoms with Gasteiger partial charge >= 0.3 is 0 Å². The van der Waals surface area contributed by atoms with E-state index >= 15 is 0 Å². The monoisotopic (exact) mass is 292 g/mol. The molecule has 0 amide bonds. The summed E-state index contributed by atoms with van der Waals surface area (Å²) in [5.74, 6) is 0.127.